The number of aliphatic carboxylic acids is 2. The number of carboxylic acid groups (broad SMARTS) is 2. The van der Waals surface area contributed by atoms with Crippen LogP contribution in [0, 0.1) is 0 Å². The Labute approximate surface area is 80.1 Å². The molecule has 12 heavy (non-hydrogen) atoms. The first-order valence-electron chi connectivity index (χ1n) is 2.81. The summed E-state index contributed by atoms with van der Waals surface area (Å²) in [6, 6.07) is 0. The Kier molecular flexibility index (Phi) is 18.9. The Morgan fingerprint density at radius 3 is 1.25 bits per heavy atom. The molecule has 6 nitrogen and oxygen atoms in total. The second kappa shape index (κ2) is 13.0. The number of nitrogens with one attached hydrogen (secondary N) is 2. The van der Waals surface area contributed by atoms with Gasteiger partial charge in [0.25, 0.3) is 0 Å². The summed E-state index contributed by atoms with van der Waals surface area (Å²) in [6.45, 7) is 0.812. The van der Waals surface area contributed by atoms with Crippen molar-refractivity contribution in [3.8, 4) is 0 Å². The molecule has 0 heterocycles. The third kappa shape index (κ3) is 22.8. The number of carbonyl (C=O) groups is 2. The Morgan fingerprint density at radius 1 is 1.00 bits per heavy atom. The van der Waals surface area contributed by atoms with E-state index in [-0.39, 0.29) is 16.8 Å². The molecule has 7 heteroatoms. The van der Waals surface area contributed by atoms with Gasteiger partial charge in [-0.1, -0.05) is 6.42 Å². The van der Waals surface area contributed by atoms with E-state index in [1.54, 1.807) is 0 Å². The second-order valence-electron chi connectivity index (χ2n) is 1.46. The van der Waals surface area contributed by atoms with Crippen LogP contribution in [0.25, 0.3) is 11.5 Å². The van der Waals surface area contributed by atoms with Gasteiger partial charge < -0.3 is 21.7 Å². The first kappa shape index (κ1) is 17.5. The smallest absolute Gasteiger partial charge is 0.414 e. The van der Waals surface area contributed by atoms with E-state index < -0.39 is 11.9 Å². The van der Waals surface area contributed by atoms with Crippen LogP contribution < -0.4 is 0 Å². The Hall–Kier alpha value is -0.634. The topological polar surface area (TPSA) is 122 Å². The summed E-state index contributed by atoms with van der Waals surface area (Å²) in [5, 5.41) is 14.8. The average Bonchev–Trinajstić information content (AvgIpc) is 1.90. The van der Waals surface area contributed by atoms with Crippen LogP contribution in [0.5, 0.6) is 0 Å². The maximum absolute atomic E-state index is 9.10. The third-order valence-electron chi connectivity index (χ3n) is 0.537. The predicted octanol–water partition coefficient (Wildman–Crippen LogP) is 0.634. The van der Waals surface area contributed by atoms with Crippen molar-refractivity contribution in [2.24, 2.45) is 0 Å². The van der Waals surface area contributed by atoms with Crippen LogP contribution in [-0.4, -0.2) is 35.2 Å². The van der Waals surface area contributed by atoms with Crippen LogP contribution in [0.1, 0.15) is 6.42 Å². The second-order valence-corrected chi connectivity index (χ2v) is 1.46. The molecule has 0 rings (SSSR count). The fourth-order valence-corrected chi connectivity index (χ4v) is 0.0884. The molecule has 75 valence electrons. The molecule has 0 atom stereocenters. The number of rotatable bonds is 2. The van der Waals surface area contributed by atoms with E-state index >= 15 is 0 Å². The van der Waals surface area contributed by atoms with E-state index in [2.05, 4.69) is 0 Å². The molecule has 0 aromatic carbocycles. The molecule has 0 aliphatic carbocycles. The predicted molar refractivity (Wildman–Crippen MR) is 38.3 cm³/mol. The minimum Gasteiger partial charge on any atom is -0.677 e. The van der Waals surface area contributed by atoms with E-state index in [1.807, 2.05) is 0 Å². The largest absolute Gasteiger partial charge is 0.677 e. The van der Waals surface area contributed by atoms with Gasteiger partial charge in [0.2, 0.25) is 0 Å². The van der Waals surface area contributed by atoms with Crippen molar-refractivity contribution in [2.45, 2.75) is 6.42 Å². The third-order valence-corrected chi connectivity index (χ3v) is 0.537. The van der Waals surface area contributed by atoms with Crippen LogP contribution in [0.2, 0.25) is 0 Å². The molecule has 1 radical (unpaired) electrons. The SMILES string of the molecule is O=C(O)C(=O)O.[Co].[NH-]CCC[NH-]. The van der Waals surface area contributed by atoms with E-state index in [0.717, 1.165) is 6.42 Å². The molecule has 0 bridgehead atoms. The molecule has 0 aromatic heterocycles. The molecule has 0 amide bonds. The van der Waals surface area contributed by atoms with Crippen molar-refractivity contribution in [3.63, 3.8) is 0 Å². The molecule has 0 aliphatic heterocycles. The van der Waals surface area contributed by atoms with Gasteiger partial charge in [0, 0.05) is 16.8 Å². The summed E-state index contributed by atoms with van der Waals surface area (Å²) in [6.07, 6.45) is 0.722. The van der Waals surface area contributed by atoms with Gasteiger partial charge in [-0.2, -0.15) is 13.1 Å². The van der Waals surface area contributed by atoms with Crippen molar-refractivity contribution in [3.05, 3.63) is 11.5 Å². The van der Waals surface area contributed by atoms with Crippen molar-refractivity contribution in [1.29, 1.82) is 0 Å². The van der Waals surface area contributed by atoms with Crippen LogP contribution in [0.4, 0.5) is 0 Å². The van der Waals surface area contributed by atoms with Crippen molar-refractivity contribution < 1.29 is 36.6 Å². The quantitative estimate of drug-likeness (QED) is 0.663. The van der Waals surface area contributed by atoms with E-state index in [9.17, 15) is 0 Å². The number of hydrogen-bond donors (Lipinski definition) is 2. The first-order chi connectivity index (χ1) is 5.06. The molecule has 0 saturated carbocycles. The summed E-state index contributed by atoms with van der Waals surface area (Å²) in [5.74, 6) is -3.65. The van der Waals surface area contributed by atoms with Gasteiger partial charge in [0.05, 0.1) is 0 Å². The van der Waals surface area contributed by atoms with Crippen molar-refractivity contribution in [2.75, 3.05) is 13.1 Å². The molecule has 4 N–H and O–H groups in total. The zero-order valence-corrected chi connectivity index (χ0v) is 7.21. The molecule has 0 unspecified atom stereocenters. The zero-order valence-electron chi connectivity index (χ0n) is 6.17. The Morgan fingerprint density at radius 2 is 1.25 bits per heavy atom. The summed E-state index contributed by atoms with van der Waals surface area (Å²) in [5.41, 5.74) is 13.0. The van der Waals surface area contributed by atoms with Crippen molar-refractivity contribution >= 4 is 11.9 Å². The number of hydrogen-bond acceptors (Lipinski definition) is 2. The summed E-state index contributed by atoms with van der Waals surface area (Å²) in [4.78, 5) is 18.2. The maximum atomic E-state index is 9.10. The maximum Gasteiger partial charge on any atom is 0.414 e. The molecular weight excluding hydrogens is 211 g/mol. The van der Waals surface area contributed by atoms with E-state index in [4.69, 9.17) is 31.3 Å². The van der Waals surface area contributed by atoms with Gasteiger partial charge in [0.15, 0.2) is 0 Å². The molecule has 0 spiro atoms. The van der Waals surface area contributed by atoms with Crippen LogP contribution >= 0.6 is 0 Å². The minimum atomic E-state index is -1.82. The molecule has 0 aliphatic rings. The standard InChI is InChI=1S/C3H8N2.C2H2O4.Co/c4-2-1-3-5;3-1(4)2(5)6;/h4-5H,1-3H2;(H,3,4)(H,5,6);/q-2;;. The zero-order chi connectivity index (χ0) is 9.28. The fourth-order valence-electron chi connectivity index (χ4n) is 0.0884. The van der Waals surface area contributed by atoms with Gasteiger partial charge >= 0.3 is 11.9 Å². The average molecular weight is 221 g/mol. The van der Waals surface area contributed by atoms with Crippen molar-refractivity contribution in [1.82, 2.24) is 0 Å². The monoisotopic (exact) mass is 221 g/mol. The first-order valence-corrected chi connectivity index (χ1v) is 2.81. The Bertz CT molecular complexity index is 117. The molecule has 0 fully saturated rings. The summed E-state index contributed by atoms with van der Waals surface area (Å²) < 4.78 is 0. The van der Waals surface area contributed by atoms with Gasteiger partial charge in [-0.3, -0.25) is 0 Å². The molecule has 0 saturated heterocycles. The van der Waals surface area contributed by atoms with Gasteiger partial charge in [-0.15, -0.1) is 0 Å². The van der Waals surface area contributed by atoms with Crippen LogP contribution in [0.3, 0.4) is 0 Å². The van der Waals surface area contributed by atoms with Gasteiger partial charge in [-0.05, 0) is 0 Å². The van der Waals surface area contributed by atoms with Crippen LogP contribution in [-0.2, 0) is 26.4 Å². The fraction of sp³-hybridized carbons (Fsp3) is 0.600. The Balaban J connectivity index is -0.000000126. The number of carboxylic acids is 2. The summed E-state index contributed by atoms with van der Waals surface area (Å²) in [7, 11) is 0. The normalized spacial score (nSPS) is 7.17. The van der Waals surface area contributed by atoms with Gasteiger partial charge in [0.1, 0.15) is 0 Å². The molecular formula is C5H10CoN2O4-2. The minimum absolute atomic E-state index is 0. The van der Waals surface area contributed by atoms with E-state index in [1.165, 1.54) is 0 Å². The van der Waals surface area contributed by atoms with Gasteiger partial charge in [-0.25, -0.2) is 9.59 Å². The molecule has 0 aromatic rings. The van der Waals surface area contributed by atoms with E-state index in [0.29, 0.717) is 13.1 Å². The summed E-state index contributed by atoms with van der Waals surface area (Å²) >= 11 is 0. The van der Waals surface area contributed by atoms with Crippen LogP contribution in [0.15, 0.2) is 0 Å².